The maximum absolute atomic E-state index is 13.2. The van der Waals surface area contributed by atoms with Crippen molar-refractivity contribution < 1.29 is 9.53 Å². The maximum atomic E-state index is 13.2. The van der Waals surface area contributed by atoms with Crippen molar-refractivity contribution in [2.75, 3.05) is 46.4 Å². The predicted octanol–water partition coefficient (Wildman–Crippen LogP) is 1.76. The highest BCUT2D eigenvalue weighted by Crippen LogP contribution is 2.33. The van der Waals surface area contributed by atoms with Gasteiger partial charge in [-0.2, -0.15) is 5.10 Å². The van der Waals surface area contributed by atoms with Gasteiger partial charge in [-0.25, -0.2) is 0 Å². The summed E-state index contributed by atoms with van der Waals surface area (Å²) < 4.78 is 7.66. The van der Waals surface area contributed by atoms with E-state index in [9.17, 15) is 4.79 Å². The highest BCUT2D eigenvalue weighted by atomic mass is 16.5. The van der Waals surface area contributed by atoms with Gasteiger partial charge in [0.15, 0.2) is 5.69 Å². The van der Waals surface area contributed by atoms with E-state index >= 15 is 0 Å². The molecule has 2 aromatic rings. The third kappa shape index (κ3) is 3.04. The number of aromatic nitrogens is 2. The molecule has 2 aliphatic rings. The van der Waals surface area contributed by atoms with Crippen molar-refractivity contribution in [2.45, 2.75) is 12.8 Å². The zero-order valence-electron chi connectivity index (χ0n) is 15.1. The molecular formula is C19H26N4O2. The molecular weight excluding hydrogens is 316 g/mol. The van der Waals surface area contributed by atoms with Crippen molar-refractivity contribution in [1.29, 1.82) is 0 Å². The summed E-state index contributed by atoms with van der Waals surface area (Å²) in [6, 6.07) is 7.93. The van der Waals surface area contributed by atoms with Gasteiger partial charge >= 0.3 is 0 Å². The first kappa shape index (κ1) is 16.5. The molecule has 1 spiro atoms. The SMILES string of the molecule is CN1CCOC[C@]2(CCCN(C(=O)c3nn(C)c4ccccc34)C2)C1. The van der Waals surface area contributed by atoms with Crippen molar-refractivity contribution in [1.82, 2.24) is 19.6 Å². The number of aryl methyl sites for hydroxylation is 1. The maximum Gasteiger partial charge on any atom is 0.275 e. The minimum absolute atomic E-state index is 0.0442. The van der Waals surface area contributed by atoms with E-state index in [0.29, 0.717) is 5.69 Å². The van der Waals surface area contributed by atoms with Gasteiger partial charge in [-0.1, -0.05) is 18.2 Å². The second kappa shape index (κ2) is 6.42. The average molecular weight is 342 g/mol. The van der Waals surface area contributed by atoms with Crippen molar-refractivity contribution in [2.24, 2.45) is 12.5 Å². The van der Waals surface area contributed by atoms with Crippen LogP contribution in [0.25, 0.3) is 10.9 Å². The van der Waals surface area contributed by atoms with E-state index in [1.165, 1.54) is 0 Å². The largest absolute Gasteiger partial charge is 0.379 e. The number of likely N-dealkylation sites (tertiary alicyclic amines) is 1. The number of likely N-dealkylation sites (N-methyl/N-ethyl adjacent to an activating group) is 1. The molecule has 1 aromatic carbocycles. The summed E-state index contributed by atoms with van der Waals surface area (Å²) in [6.45, 7) is 5.01. The topological polar surface area (TPSA) is 50.6 Å². The second-order valence-electron chi connectivity index (χ2n) is 7.61. The lowest BCUT2D eigenvalue weighted by atomic mass is 9.80. The number of hydrogen-bond donors (Lipinski definition) is 0. The van der Waals surface area contributed by atoms with Crippen LogP contribution in [0.15, 0.2) is 24.3 Å². The van der Waals surface area contributed by atoms with Crippen LogP contribution in [0.5, 0.6) is 0 Å². The Morgan fingerprint density at radius 1 is 1.20 bits per heavy atom. The van der Waals surface area contributed by atoms with E-state index in [1.807, 2.05) is 36.2 Å². The average Bonchev–Trinajstić information content (AvgIpc) is 2.85. The molecule has 4 rings (SSSR count). The second-order valence-corrected chi connectivity index (χ2v) is 7.61. The normalized spacial score (nSPS) is 25.4. The van der Waals surface area contributed by atoms with Crippen molar-refractivity contribution in [3.05, 3.63) is 30.0 Å². The zero-order valence-corrected chi connectivity index (χ0v) is 15.1. The fourth-order valence-corrected chi connectivity index (χ4v) is 4.36. The number of carbonyl (C=O) groups is 1. The minimum Gasteiger partial charge on any atom is -0.379 e. The Morgan fingerprint density at radius 3 is 2.92 bits per heavy atom. The molecule has 1 aromatic heterocycles. The van der Waals surface area contributed by atoms with Crippen molar-refractivity contribution in [3.8, 4) is 0 Å². The minimum atomic E-state index is 0.0442. The molecule has 0 unspecified atom stereocenters. The Kier molecular flexibility index (Phi) is 4.25. The summed E-state index contributed by atoms with van der Waals surface area (Å²) in [5.74, 6) is 0.0442. The van der Waals surface area contributed by atoms with Crippen LogP contribution in [0.2, 0.25) is 0 Å². The number of ether oxygens (including phenoxy) is 1. The van der Waals surface area contributed by atoms with Gasteiger partial charge in [0.05, 0.1) is 18.7 Å². The molecule has 3 heterocycles. The lowest BCUT2D eigenvalue weighted by Crippen LogP contribution is -2.51. The summed E-state index contributed by atoms with van der Waals surface area (Å²) in [7, 11) is 4.04. The number of benzene rings is 1. The van der Waals surface area contributed by atoms with Crippen molar-refractivity contribution >= 4 is 16.8 Å². The number of hydrogen-bond acceptors (Lipinski definition) is 4. The van der Waals surface area contributed by atoms with Crippen LogP contribution in [0.3, 0.4) is 0 Å². The Balaban J connectivity index is 1.61. The van der Waals surface area contributed by atoms with Gasteiger partial charge in [0.2, 0.25) is 0 Å². The van der Waals surface area contributed by atoms with Gasteiger partial charge in [0.25, 0.3) is 5.91 Å². The third-order valence-corrected chi connectivity index (χ3v) is 5.54. The third-order valence-electron chi connectivity index (χ3n) is 5.54. The first-order chi connectivity index (χ1) is 12.1. The Labute approximate surface area is 148 Å². The number of nitrogens with zero attached hydrogens (tertiary/aromatic N) is 4. The number of para-hydroxylation sites is 1. The van der Waals surface area contributed by atoms with Crippen LogP contribution in [0, 0.1) is 5.41 Å². The fraction of sp³-hybridized carbons (Fsp3) is 0.579. The standard InChI is InChI=1S/C19H26N4O2/c1-21-10-11-25-14-19(12-21)8-5-9-23(13-19)18(24)17-15-6-3-4-7-16(15)22(2)20-17/h3-4,6-7H,5,8-14H2,1-2H3/t19-/m1/s1. The number of rotatable bonds is 1. The van der Waals surface area contributed by atoms with Gasteiger partial charge in [0.1, 0.15) is 0 Å². The molecule has 0 aliphatic carbocycles. The van der Waals surface area contributed by atoms with Crippen LogP contribution >= 0.6 is 0 Å². The summed E-state index contributed by atoms with van der Waals surface area (Å²) >= 11 is 0. The quantitative estimate of drug-likeness (QED) is 0.792. The molecule has 0 bridgehead atoms. The van der Waals surface area contributed by atoms with E-state index < -0.39 is 0 Å². The first-order valence-corrected chi connectivity index (χ1v) is 9.05. The number of piperidine rings is 1. The Morgan fingerprint density at radius 2 is 2.04 bits per heavy atom. The highest BCUT2D eigenvalue weighted by Gasteiger charge is 2.40. The van der Waals surface area contributed by atoms with E-state index in [-0.39, 0.29) is 11.3 Å². The van der Waals surface area contributed by atoms with Crippen LogP contribution < -0.4 is 0 Å². The lowest BCUT2D eigenvalue weighted by Gasteiger charge is -2.43. The van der Waals surface area contributed by atoms with Crippen LogP contribution in [0.1, 0.15) is 23.3 Å². The molecule has 6 nitrogen and oxygen atoms in total. The number of carbonyl (C=O) groups excluding carboxylic acids is 1. The van der Waals surface area contributed by atoms with Gasteiger partial charge < -0.3 is 14.5 Å². The van der Waals surface area contributed by atoms with Gasteiger partial charge in [-0.05, 0) is 26.0 Å². The summed E-state index contributed by atoms with van der Waals surface area (Å²) in [5, 5.41) is 5.45. The first-order valence-electron chi connectivity index (χ1n) is 9.05. The molecule has 1 amide bonds. The van der Waals surface area contributed by atoms with E-state index in [2.05, 4.69) is 17.0 Å². The van der Waals surface area contributed by atoms with Gasteiger partial charge in [-0.15, -0.1) is 0 Å². The summed E-state index contributed by atoms with van der Waals surface area (Å²) in [4.78, 5) is 17.5. The molecule has 134 valence electrons. The molecule has 0 saturated carbocycles. The highest BCUT2D eigenvalue weighted by molar-refractivity contribution is 6.04. The van der Waals surface area contributed by atoms with Crippen molar-refractivity contribution in [3.63, 3.8) is 0 Å². The monoisotopic (exact) mass is 342 g/mol. The lowest BCUT2D eigenvalue weighted by molar-refractivity contribution is 0.00842. The molecule has 1 atom stereocenters. The van der Waals surface area contributed by atoms with E-state index in [0.717, 1.165) is 63.1 Å². The fourth-order valence-electron chi connectivity index (χ4n) is 4.36. The van der Waals surface area contributed by atoms with Gasteiger partial charge in [0, 0.05) is 44.0 Å². The van der Waals surface area contributed by atoms with Crippen LogP contribution in [-0.4, -0.2) is 71.9 Å². The van der Waals surface area contributed by atoms with Gasteiger partial charge in [-0.3, -0.25) is 9.48 Å². The molecule has 6 heteroatoms. The molecule has 2 fully saturated rings. The molecule has 25 heavy (non-hydrogen) atoms. The summed E-state index contributed by atoms with van der Waals surface area (Å²) in [6.07, 6.45) is 2.14. The predicted molar refractivity (Wildman–Crippen MR) is 96.6 cm³/mol. The van der Waals surface area contributed by atoms with Crippen LogP contribution in [0.4, 0.5) is 0 Å². The Bertz CT molecular complexity index is 787. The van der Waals surface area contributed by atoms with Crippen LogP contribution in [-0.2, 0) is 11.8 Å². The smallest absolute Gasteiger partial charge is 0.275 e. The molecule has 0 N–H and O–H groups in total. The Hall–Kier alpha value is -1.92. The van der Waals surface area contributed by atoms with E-state index in [4.69, 9.17) is 4.74 Å². The molecule has 0 radical (unpaired) electrons. The summed E-state index contributed by atoms with van der Waals surface area (Å²) in [5.41, 5.74) is 1.61. The molecule has 2 aliphatic heterocycles. The number of fused-ring (bicyclic) bond motifs is 1. The zero-order chi connectivity index (χ0) is 17.4. The van der Waals surface area contributed by atoms with E-state index in [1.54, 1.807) is 4.68 Å². The molecule has 2 saturated heterocycles. The number of amides is 1.